The molecule has 0 heterocycles. The Kier molecular flexibility index (Phi) is 4.86. The number of hydrogen-bond acceptors (Lipinski definition) is 2. The molecule has 1 aromatic rings. The summed E-state index contributed by atoms with van der Waals surface area (Å²) in [6.07, 6.45) is 5.81. The summed E-state index contributed by atoms with van der Waals surface area (Å²) in [4.78, 5) is 0.899. The third-order valence-corrected chi connectivity index (χ3v) is 4.46. The fourth-order valence-corrected chi connectivity index (χ4v) is 3.34. The van der Waals surface area contributed by atoms with E-state index >= 15 is 0 Å². The lowest BCUT2D eigenvalue weighted by atomic mass is 10.0. The first-order valence-corrected chi connectivity index (χ1v) is 7.29. The van der Waals surface area contributed by atoms with Crippen molar-refractivity contribution in [3.63, 3.8) is 0 Å². The van der Waals surface area contributed by atoms with E-state index < -0.39 is 0 Å². The van der Waals surface area contributed by atoms with Crippen LogP contribution in [0.25, 0.3) is 0 Å². The molecule has 1 aliphatic rings. The van der Waals surface area contributed by atoms with Crippen LogP contribution in [0, 0.1) is 11.7 Å². The molecule has 0 aliphatic heterocycles. The Hall–Kier alpha value is -0.540. The molecule has 0 saturated heterocycles. The minimum atomic E-state index is -0.258. The molecule has 1 unspecified atom stereocenters. The molecule has 0 spiro atoms. The molecule has 17 heavy (non-hydrogen) atoms. The molecule has 1 fully saturated rings. The van der Waals surface area contributed by atoms with E-state index in [0.717, 1.165) is 11.3 Å². The van der Waals surface area contributed by atoms with Crippen molar-refractivity contribution in [2.45, 2.75) is 43.1 Å². The van der Waals surface area contributed by atoms with E-state index in [1.165, 1.54) is 49.6 Å². The first-order chi connectivity index (χ1) is 8.24. The summed E-state index contributed by atoms with van der Waals surface area (Å²) in [5.74, 6) is 1.17. The van der Waals surface area contributed by atoms with Gasteiger partial charge in [-0.1, -0.05) is 31.7 Å². The van der Waals surface area contributed by atoms with Gasteiger partial charge >= 0.3 is 0 Å². The predicted molar refractivity (Wildman–Crippen MR) is 69.7 cm³/mol. The Labute approximate surface area is 106 Å². The van der Waals surface area contributed by atoms with Gasteiger partial charge in [-0.05, 0) is 30.5 Å². The molecule has 1 aliphatic carbocycles. The average molecular weight is 254 g/mol. The number of aliphatic hydroxyl groups is 1. The quantitative estimate of drug-likeness (QED) is 0.805. The molecular formula is C14H19FOS. The summed E-state index contributed by atoms with van der Waals surface area (Å²) in [6.45, 7) is 0. The van der Waals surface area contributed by atoms with Crippen LogP contribution in [0.15, 0.2) is 29.2 Å². The minimum Gasteiger partial charge on any atom is -0.392 e. The van der Waals surface area contributed by atoms with Crippen LogP contribution in [0.5, 0.6) is 0 Å². The van der Waals surface area contributed by atoms with Crippen LogP contribution in [0.4, 0.5) is 4.39 Å². The molecule has 0 aromatic heterocycles. The van der Waals surface area contributed by atoms with Crippen molar-refractivity contribution in [1.29, 1.82) is 0 Å². The van der Waals surface area contributed by atoms with Crippen LogP contribution in [0.3, 0.4) is 0 Å². The van der Waals surface area contributed by atoms with Crippen molar-refractivity contribution >= 4 is 11.8 Å². The molecule has 0 amide bonds. The van der Waals surface area contributed by atoms with E-state index in [2.05, 4.69) is 0 Å². The van der Waals surface area contributed by atoms with Crippen LogP contribution in [-0.2, 0) is 0 Å². The number of benzene rings is 1. The van der Waals surface area contributed by atoms with E-state index in [1.807, 2.05) is 6.07 Å². The lowest BCUT2D eigenvalue weighted by Crippen LogP contribution is -2.14. The van der Waals surface area contributed by atoms with Gasteiger partial charge in [0.1, 0.15) is 5.82 Å². The highest BCUT2D eigenvalue weighted by atomic mass is 32.2. The van der Waals surface area contributed by atoms with E-state index in [-0.39, 0.29) is 11.9 Å². The Morgan fingerprint density at radius 3 is 2.82 bits per heavy atom. The van der Waals surface area contributed by atoms with E-state index in [0.29, 0.717) is 11.7 Å². The van der Waals surface area contributed by atoms with Gasteiger partial charge in [0.05, 0.1) is 6.10 Å². The maximum Gasteiger partial charge on any atom is 0.124 e. The summed E-state index contributed by atoms with van der Waals surface area (Å²) in [6, 6.07) is 6.56. The molecule has 1 N–H and O–H groups in total. The number of thioether (sulfide) groups is 1. The van der Waals surface area contributed by atoms with Gasteiger partial charge in [0, 0.05) is 10.6 Å². The molecule has 2 rings (SSSR count). The van der Waals surface area contributed by atoms with Crippen LogP contribution in [0.2, 0.25) is 0 Å². The molecular weight excluding hydrogens is 235 g/mol. The number of hydrogen-bond donors (Lipinski definition) is 1. The summed E-state index contributed by atoms with van der Waals surface area (Å²) in [5.41, 5.74) is 0. The Bertz CT molecular complexity index is 350. The van der Waals surface area contributed by atoms with Crippen LogP contribution in [0.1, 0.15) is 32.1 Å². The lowest BCUT2D eigenvalue weighted by molar-refractivity contribution is 0.166. The maximum atomic E-state index is 12.9. The summed E-state index contributed by atoms with van der Waals surface area (Å²) in [7, 11) is 0. The number of rotatable bonds is 5. The van der Waals surface area contributed by atoms with Gasteiger partial charge in [0.2, 0.25) is 0 Å². The van der Waals surface area contributed by atoms with Gasteiger partial charge < -0.3 is 5.11 Å². The molecule has 0 bridgehead atoms. The first kappa shape index (κ1) is 12.9. The van der Waals surface area contributed by atoms with E-state index in [1.54, 1.807) is 6.07 Å². The second-order valence-corrected chi connectivity index (χ2v) is 5.90. The standard InChI is InChI=1S/C14H19FOS/c15-12-6-3-7-14(9-12)17-10-13(16)8-11-4-1-2-5-11/h3,6-7,9,11,13,16H,1-2,4-5,8,10H2. The maximum absolute atomic E-state index is 12.9. The van der Waals surface area contributed by atoms with E-state index in [9.17, 15) is 9.50 Å². The number of halogens is 1. The summed E-state index contributed by atoms with van der Waals surface area (Å²) >= 11 is 1.54. The Balaban J connectivity index is 1.73. The topological polar surface area (TPSA) is 20.2 Å². The Morgan fingerprint density at radius 1 is 1.35 bits per heavy atom. The van der Waals surface area contributed by atoms with Crippen molar-refractivity contribution in [2.75, 3.05) is 5.75 Å². The molecule has 0 radical (unpaired) electrons. The zero-order valence-corrected chi connectivity index (χ0v) is 10.8. The van der Waals surface area contributed by atoms with Gasteiger partial charge in [0.25, 0.3) is 0 Å². The highest BCUT2D eigenvalue weighted by Gasteiger charge is 2.18. The molecule has 1 saturated carbocycles. The lowest BCUT2D eigenvalue weighted by Gasteiger charge is -2.14. The second-order valence-electron chi connectivity index (χ2n) is 4.81. The van der Waals surface area contributed by atoms with Crippen molar-refractivity contribution in [3.05, 3.63) is 30.1 Å². The molecule has 3 heteroatoms. The summed E-state index contributed by atoms with van der Waals surface area (Å²) < 4.78 is 12.9. The van der Waals surface area contributed by atoms with Crippen molar-refractivity contribution in [2.24, 2.45) is 5.92 Å². The highest BCUT2D eigenvalue weighted by Crippen LogP contribution is 2.30. The zero-order chi connectivity index (χ0) is 12.1. The van der Waals surface area contributed by atoms with E-state index in [4.69, 9.17) is 0 Å². The average Bonchev–Trinajstić information content (AvgIpc) is 2.79. The smallest absolute Gasteiger partial charge is 0.124 e. The van der Waals surface area contributed by atoms with Crippen molar-refractivity contribution < 1.29 is 9.50 Å². The van der Waals surface area contributed by atoms with Gasteiger partial charge in [-0.3, -0.25) is 0 Å². The largest absolute Gasteiger partial charge is 0.392 e. The van der Waals surface area contributed by atoms with Crippen molar-refractivity contribution in [1.82, 2.24) is 0 Å². The highest BCUT2D eigenvalue weighted by molar-refractivity contribution is 7.99. The normalized spacial score (nSPS) is 18.5. The number of aliphatic hydroxyl groups excluding tert-OH is 1. The monoisotopic (exact) mass is 254 g/mol. The van der Waals surface area contributed by atoms with Gasteiger partial charge in [-0.2, -0.15) is 0 Å². The first-order valence-electron chi connectivity index (χ1n) is 6.30. The SMILES string of the molecule is OC(CSc1cccc(F)c1)CC1CCCC1. The fourth-order valence-electron chi connectivity index (χ4n) is 2.45. The van der Waals surface area contributed by atoms with Crippen LogP contribution < -0.4 is 0 Å². The van der Waals surface area contributed by atoms with Gasteiger partial charge in [-0.25, -0.2) is 4.39 Å². The van der Waals surface area contributed by atoms with Gasteiger partial charge in [-0.15, -0.1) is 11.8 Å². The molecule has 1 aromatic carbocycles. The third-order valence-electron chi connectivity index (χ3n) is 3.32. The Morgan fingerprint density at radius 2 is 2.12 bits per heavy atom. The molecule has 1 nitrogen and oxygen atoms in total. The zero-order valence-electron chi connectivity index (χ0n) is 9.94. The molecule has 1 atom stereocenters. The van der Waals surface area contributed by atoms with Crippen LogP contribution in [-0.4, -0.2) is 17.0 Å². The second kappa shape index (κ2) is 6.41. The van der Waals surface area contributed by atoms with Crippen LogP contribution >= 0.6 is 11.8 Å². The minimum absolute atomic E-state index is 0.208. The van der Waals surface area contributed by atoms with Crippen molar-refractivity contribution in [3.8, 4) is 0 Å². The molecule has 94 valence electrons. The van der Waals surface area contributed by atoms with Gasteiger partial charge in [0.15, 0.2) is 0 Å². The predicted octanol–water partition coefficient (Wildman–Crippen LogP) is 3.86. The summed E-state index contributed by atoms with van der Waals surface area (Å²) in [5, 5.41) is 9.93. The third kappa shape index (κ3) is 4.32. The fraction of sp³-hybridized carbons (Fsp3) is 0.571.